The lowest BCUT2D eigenvalue weighted by Gasteiger charge is -2.01. The van der Waals surface area contributed by atoms with Gasteiger partial charge in [-0.3, -0.25) is 0 Å². The first-order chi connectivity index (χ1) is 18.5. The first-order valence-corrected chi connectivity index (χ1v) is 16.7. The lowest BCUT2D eigenvalue weighted by Crippen LogP contribution is -1.96. The fourth-order valence-corrected chi connectivity index (χ4v) is 5.66. The van der Waals surface area contributed by atoms with Crippen molar-refractivity contribution in [3.05, 3.63) is 73.3 Å². The molecule has 0 aromatic rings. The van der Waals surface area contributed by atoms with Crippen molar-refractivity contribution in [1.82, 2.24) is 0 Å². The zero-order chi connectivity index (χ0) is 26.2. The van der Waals surface area contributed by atoms with Crippen molar-refractivity contribution in [3.8, 4) is 0 Å². The zero-order valence-electron chi connectivity index (χ0n) is 23.1. The van der Waals surface area contributed by atoms with Gasteiger partial charge in [-0.15, -0.1) is 0 Å². The first kappa shape index (κ1) is 33.7. The molecule has 6 aliphatic rings. The zero-order valence-corrected chi connectivity index (χ0v) is 24.7. The van der Waals surface area contributed by atoms with Gasteiger partial charge in [-0.25, -0.2) is 0 Å². The number of thioether (sulfide) groups is 2. The largest absolute Gasteiger partial charge is 0.502 e. The number of rotatable bonds is 0. The van der Waals surface area contributed by atoms with Gasteiger partial charge in [-0.2, -0.15) is 23.5 Å². The maximum atomic E-state index is 4.98. The van der Waals surface area contributed by atoms with E-state index < -0.39 is 0 Å². The highest BCUT2D eigenvalue weighted by atomic mass is 32.2. The molecule has 0 radical (unpaired) electrons. The van der Waals surface area contributed by atoms with Crippen LogP contribution in [0.15, 0.2) is 73.3 Å². The molecule has 37 heavy (non-hydrogen) atoms. The fourth-order valence-electron chi connectivity index (χ4n) is 3.43. The summed E-state index contributed by atoms with van der Waals surface area (Å²) in [6.07, 6.45) is 40.4. The SMILES string of the molecule is C1=CCCCC1.C1=CCCCC1.C1=CCOC=C1.C1=CCOCC1.C1=COCCC1.C1CSCCSC1. The minimum Gasteiger partial charge on any atom is -0.502 e. The lowest BCUT2D eigenvalue weighted by atomic mass is 10.1. The van der Waals surface area contributed by atoms with Gasteiger partial charge in [0.15, 0.2) is 0 Å². The third kappa shape index (κ3) is 29.1. The van der Waals surface area contributed by atoms with Crippen LogP contribution in [0.3, 0.4) is 0 Å². The molecule has 0 saturated carbocycles. The summed E-state index contributed by atoms with van der Waals surface area (Å²) in [5, 5.41) is 0. The average molecular weight is 549 g/mol. The van der Waals surface area contributed by atoms with Crippen LogP contribution in [-0.2, 0) is 14.2 Å². The van der Waals surface area contributed by atoms with Gasteiger partial charge in [0.2, 0.25) is 0 Å². The molecule has 0 spiro atoms. The van der Waals surface area contributed by atoms with Crippen LogP contribution < -0.4 is 0 Å². The maximum Gasteiger partial charge on any atom is 0.106 e. The first-order valence-electron chi connectivity index (χ1n) is 14.4. The van der Waals surface area contributed by atoms with E-state index in [4.69, 9.17) is 14.2 Å². The van der Waals surface area contributed by atoms with Crippen LogP contribution in [0.25, 0.3) is 0 Å². The van der Waals surface area contributed by atoms with Crippen molar-refractivity contribution in [3.63, 3.8) is 0 Å². The van der Waals surface area contributed by atoms with Crippen LogP contribution in [0.2, 0.25) is 0 Å². The molecule has 5 heteroatoms. The van der Waals surface area contributed by atoms with Gasteiger partial charge in [0.25, 0.3) is 0 Å². The molecule has 0 aromatic carbocycles. The number of hydrogen-bond acceptors (Lipinski definition) is 5. The summed E-state index contributed by atoms with van der Waals surface area (Å²) in [5.41, 5.74) is 0. The van der Waals surface area contributed by atoms with Gasteiger partial charge in [0.1, 0.15) is 6.61 Å². The molecule has 0 bridgehead atoms. The summed E-state index contributed by atoms with van der Waals surface area (Å²) >= 11 is 4.19. The molecule has 1 saturated heterocycles. The van der Waals surface area contributed by atoms with Gasteiger partial charge in [0.05, 0.1) is 32.3 Å². The molecule has 1 fully saturated rings. The summed E-state index contributed by atoms with van der Waals surface area (Å²) in [5.74, 6) is 5.55. The Morgan fingerprint density at radius 1 is 0.405 bits per heavy atom. The van der Waals surface area contributed by atoms with Crippen molar-refractivity contribution in [2.75, 3.05) is 49.4 Å². The van der Waals surface area contributed by atoms with Crippen molar-refractivity contribution >= 4 is 23.5 Å². The van der Waals surface area contributed by atoms with E-state index in [0.717, 1.165) is 32.8 Å². The molecule has 0 aromatic heterocycles. The second-order valence-electron chi connectivity index (χ2n) is 8.90. The van der Waals surface area contributed by atoms with Crippen molar-refractivity contribution in [2.24, 2.45) is 0 Å². The second kappa shape index (κ2) is 30.9. The van der Waals surface area contributed by atoms with E-state index in [9.17, 15) is 0 Å². The Morgan fingerprint density at radius 2 is 1.03 bits per heavy atom. The molecule has 0 N–H and O–H groups in total. The Hall–Kier alpha value is -1.30. The van der Waals surface area contributed by atoms with Crippen molar-refractivity contribution < 1.29 is 14.2 Å². The Kier molecular flexibility index (Phi) is 28.2. The van der Waals surface area contributed by atoms with Crippen molar-refractivity contribution in [2.45, 2.75) is 77.0 Å². The molecule has 0 atom stereocenters. The molecule has 4 aliphatic heterocycles. The average Bonchev–Trinajstić information content (AvgIpc) is 3.37. The van der Waals surface area contributed by atoms with Crippen molar-refractivity contribution in [1.29, 1.82) is 0 Å². The quantitative estimate of drug-likeness (QED) is 0.281. The predicted octanol–water partition coefficient (Wildman–Crippen LogP) is 9.45. The number of hydrogen-bond donors (Lipinski definition) is 0. The van der Waals surface area contributed by atoms with E-state index in [1.165, 1.54) is 93.6 Å². The number of ether oxygens (including phenoxy) is 3. The number of allylic oxidation sites excluding steroid dienone is 7. The highest BCUT2D eigenvalue weighted by Crippen LogP contribution is 2.15. The van der Waals surface area contributed by atoms with Crippen LogP contribution >= 0.6 is 23.5 Å². The van der Waals surface area contributed by atoms with Gasteiger partial charge in [-0.05, 0) is 107 Å². The molecule has 3 nitrogen and oxygen atoms in total. The van der Waals surface area contributed by atoms with Crippen LogP contribution in [-0.4, -0.2) is 49.4 Å². The molecule has 6 rings (SSSR count). The minimum atomic E-state index is 0.733. The van der Waals surface area contributed by atoms with Crippen LogP contribution in [0.4, 0.5) is 0 Å². The third-order valence-corrected chi connectivity index (χ3v) is 7.91. The smallest absolute Gasteiger partial charge is 0.106 e. The van der Waals surface area contributed by atoms with E-state index in [-0.39, 0.29) is 0 Å². The molecular formula is C32H52O3S2. The predicted molar refractivity (Wildman–Crippen MR) is 168 cm³/mol. The summed E-state index contributed by atoms with van der Waals surface area (Å²) in [6, 6.07) is 0. The van der Waals surface area contributed by atoms with Crippen LogP contribution in [0.5, 0.6) is 0 Å². The van der Waals surface area contributed by atoms with Gasteiger partial charge in [-0.1, -0.05) is 42.5 Å². The molecule has 4 heterocycles. The van der Waals surface area contributed by atoms with E-state index >= 15 is 0 Å². The summed E-state index contributed by atoms with van der Waals surface area (Å²) in [6.45, 7) is 3.38. The second-order valence-corrected chi connectivity index (χ2v) is 11.3. The van der Waals surface area contributed by atoms with Crippen LogP contribution in [0, 0.1) is 0 Å². The summed E-state index contributed by atoms with van der Waals surface area (Å²) in [4.78, 5) is 0. The summed E-state index contributed by atoms with van der Waals surface area (Å²) in [7, 11) is 0. The Balaban J connectivity index is 0.000000222. The monoisotopic (exact) mass is 548 g/mol. The molecule has 0 amide bonds. The Bertz CT molecular complexity index is 502. The standard InChI is InChI=1S/2C6H10.2C5H8O.C5H6O.C5H10S2/c5*1-2-4-6-5-3-1;1-2-6-4-5-7-3-1/h2*1-2H,3-6H2;2,4H,1,3,5H2;1-2H,3-5H2;1-4H,5H2;1-5H2. The Labute approximate surface area is 236 Å². The van der Waals surface area contributed by atoms with Gasteiger partial charge in [0, 0.05) is 11.5 Å². The molecule has 0 unspecified atom stereocenters. The maximum absolute atomic E-state index is 4.98. The van der Waals surface area contributed by atoms with E-state index in [1.807, 2.05) is 30.4 Å². The minimum absolute atomic E-state index is 0.733. The topological polar surface area (TPSA) is 27.7 Å². The third-order valence-electron chi connectivity index (χ3n) is 5.52. The molecule has 210 valence electrons. The highest BCUT2D eigenvalue weighted by Gasteiger charge is 1.96. The Morgan fingerprint density at radius 3 is 1.24 bits per heavy atom. The van der Waals surface area contributed by atoms with Crippen LogP contribution in [0.1, 0.15) is 77.0 Å². The summed E-state index contributed by atoms with van der Waals surface area (Å²) < 4.78 is 14.7. The highest BCUT2D eigenvalue weighted by molar-refractivity contribution is 8.03. The normalized spacial score (nSPS) is 21.0. The van der Waals surface area contributed by atoms with E-state index in [2.05, 4.69) is 53.9 Å². The fraction of sp³-hybridized carbons (Fsp3) is 0.625. The molecular weight excluding hydrogens is 496 g/mol. The van der Waals surface area contributed by atoms with E-state index in [1.54, 1.807) is 12.5 Å². The van der Waals surface area contributed by atoms with E-state index in [0.29, 0.717) is 0 Å². The van der Waals surface area contributed by atoms with Gasteiger partial charge < -0.3 is 14.2 Å². The lowest BCUT2D eigenvalue weighted by molar-refractivity contribution is 0.158. The molecule has 2 aliphatic carbocycles. The van der Waals surface area contributed by atoms with Gasteiger partial charge >= 0.3 is 0 Å².